The number of hydrogen-bond acceptors (Lipinski definition) is 1. The van der Waals surface area contributed by atoms with Crippen LogP contribution < -0.4 is 0 Å². The summed E-state index contributed by atoms with van der Waals surface area (Å²) >= 11 is 0. The molecule has 21 heavy (non-hydrogen) atoms. The summed E-state index contributed by atoms with van der Waals surface area (Å²) in [5.74, 6) is 0.285. The molecule has 1 aromatic rings. The first kappa shape index (κ1) is 12.8. The van der Waals surface area contributed by atoms with Crippen LogP contribution in [0.4, 0.5) is 0 Å². The van der Waals surface area contributed by atoms with Gasteiger partial charge >= 0.3 is 0 Å². The smallest absolute Gasteiger partial charge is 0.167 e. The van der Waals surface area contributed by atoms with Crippen molar-refractivity contribution in [1.82, 2.24) is 0 Å². The van der Waals surface area contributed by atoms with Gasteiger partial charge in [0.05, 0.1) is 0 Å². The maximum Gasteiger partial charge on any atom is 0.167 e. The zero-order valence-electron chi connectivity index (χ0n) is 12.7. The van der Waals surface area contributed by atoms with E-state index >= 15 is 0 Å². The Labute approximate surface area is 126 Å². The molecule has 3 aliphatic carbocycles. The van der Waals surface area contributed by atoms with Crippen LogP contribution in [-0.4, -0.2) is 5.78 Å². The zero-order chi connectivity index (χ0) is 14.6. The summed E-state index contributed by atoms with van der Waals surface area (Å²) in [7, 11) is 0. The molecule has 0 saturated carbocycles. The Morgan fingerprint density at radius 2 is 1.90 bits per heavy atom. The monoisotopic (exact) mass is 276 g/mol. The normalized spacial score (nSPS) is 21.9. The van der Waals surface area contributed by atoms with Gasteiger partial charge in [0.15, 0.2) is 5.78 Å². The van der Waals surface area contributed by atoms with E-state index in [0.717, 1.165) is 30.4 Å². The lowest BCUT2D eigenvalue weighted by Gasteiger charge is -2.36. The summed E-state index contributed by atoms with van der Waals surface area (Å²) in [6.07, 6.45) is 12.4. The molecule has 4 rings (SSSR count). The second-order valence-corrected chi connectivity index (χ2v) is 6.97. The van der Waals surface area contributed by atoms with E-state index in [-0.39, 0.29) is 11.2 Å². The first-order valence-electron chi connectivity index (χ1n) is 7.84. The molecule has 0 saturated heterocycles. The fourth-order valence-electron chi connectivity index (χ4n) is 4.08. The minimum absolute atomic E-state index is 0.252. The van der Waals surface area contributed by atoms with Gasteiger partial charge in [-0.1, -0.05) is 55.9 Å². The Bertz CT molecular complexity index is 741. The van der Waals surface area contributed by atoms with Crippen LogP contribution in [0, 0.1) is 5.41 Å². The Hall–Kier alpha value is -1.89. The zero-order valence-corrected chi connectivity index (χ0v) is 12.7. The summed E-state index contributed by atoms with van der Waals surface area (Å²) in [6.45, 7) is 4.67. The summed E-state index contributed by atoms with van der Waals surface area (Å²) in [6, 6.07) is 4.34. The highest BCUT2D eigenvalue weighted by atomic mass is 16.1. The van der Waals surface area contributed by atoms with Gasteiger partial charge in [0, 0.05) is 12.0 Å². The van der Waals surface area contributed by atoms with Crippen LogP contribution in [0.3, 0.4) is 0 Å². The number of carbonyl (C=O) groups excluding carboxylic acids is 1. The van der Waals surface area contributed by atoms with Crippen molar-refractivity contribution in [1.29, 1.82) is 0 Å². The van der Waals surface area contributed by atoms with Gasteiger partial charge in [0.2, 0.25) is 0 Å². The molecular formula is C20H20O. The van der Waals surface area contributed by atoms with Gasteiger partial charge in [-0.15, -0.1) is 0 Å². The van der Waals surface area contributed by atoms with Crippen LogP contribution >= 0.6 is 0 Å². The highest BCUT2D eigenvalue weighted by Gasteiger charge is 2.33. The second-order valence-electron chi connectivity index (χ2n) is 6.97. The molecule has 106 valence electrons. The van der Waals surface area contributed by atoms with Crippen molar-refractivity contribution < 1.29 is 4.79 Å². The first-order valence-corrected chi connectivity index (χ1v) is 7.84. The summed E-state index contributed by atoms with van der Waals surface area (Å²) in [5.41, 5.74) is 7.85. The van der Waals surface area contributed by atoms with Crippen molar-refractivity contribution in [3.63, 3.8) is 0 Å². The molecule has 1 heteroatoms. The maximum absolute atomic E-state index is 12.4. The number of hydrogen-bond donors (Lipinski definition) is 0. The van der Waals surface area contributed by atoms with Gasteiger partial charge in [-0.2, -0.15) is 0 Å². The van der Waals surface area contributed by atoms with Gasteiger partial charge in [-0.3, -0.25) is 4.79 Å². The Morgan fingerprint density at radius 3 is 2.76 bits per heavy atom. The lowest BCUT2D eigenvalue weighted by molar-refractivity contribution is 0.0993. The van der Waals surface area contributed by atoms with Crippen LogP contribution in [-0.2, 0) is 6.42 Å². The molecule has 0 N–H and O–H groups in total. The third kappa shape index (κ3) is 1.80. The van der Waals surface area contributed by atoms with E-state index in [9.17, 15) is 4.79 Å². The van der Waals surface area contributed by atoms with Crippen LogP contribution in [0.5, 0.6) is 0 Å². The van der Waals surface area contributed by atoms with Crippen molar-refractivity contribution in [2.75, 3.05) is 0 Å². The molecule has 0 unspecified atom stereocenters. The fraction of sp³-hybridized carbons (Fsp3) is 0.350. The predicted octanol–water partition coefficient (Wildman–Crippen LogP) is 4.97. The largest absolute Gasteiger partial charge is 0.294 e. The van der Waals surface area contributed by atoms with Crippen molar-refractivity contribution >= 4 is 17.4 Å². The quantitative estimate of drug-likeness (QED) is 0.653. The molecular weight excluding hydrogens is 256 g/mol. The predicted molar refractivity (Wildman–Crippen MR) is 87.2 cm³/mol. The summed E-state index contributed by atoms with van der Waals surface area (Å²) < 4.78 is 0. The Morgan fingerprint density at radius 1 is 1.05 bits per heavy atom. The molecule has 0 amide bonds. The minimum Gasteiger partial charge on any atom is -0.294 e. The molecule has 0 spiro atoms. The number of allylic oxidation sites excluding steroid dienone is 5. The molecule has 0 aromatic heterocycles. The molecule has 0 aliphatic heterocycles. The first-order chi connectivity index (χ1) is 10.1. The summed E-state index contributed by atoms with van der Waals surface area (Å²) in [4.78, 5) is 12.4. The van der Waals surface area contributed by atoms with E-state index in [0.29, 0.717) is 6.42 Å². The number of rotatable bonds is 0. The van der Waals surface area contributed by atoms with Crippen molar-refractivity contribution in [2.24, 2.45) is 5.41 Å². The van der Waals surface area contributed by atoms with E-state index in [2.05, 4.69) is 44.2 Å². The summed E-state index contributed by atoms with van der Waals surface area (Å²) in [5, 5.41) is 0. The Balaban J connectivity index is 1.97. The van der Waals surface area contributed by atoms with Gasteiger partial charge < -0.3 is 0 Å². The highest BCUT2D eigenvalue weighted by Crippen LogP contribution is 2.47. The number of benzene rings is 1. The van der Waals surface area contributed by atoms with Crippen LogP contribution in [0.15, 0.2) is 35.9 Å². The topological polar surface area (TPSA) is 17.1 Å². The second kappa shape index (κ2) is 4.30. The average molecular weight is 276 g/mol. The molecule has 1 nitrogen and oxygen atoms in total. The van der Waals surface area contributed by atoms with E-state index in [4.69, 9.17) is 0 Å². The SMILES string of the molecule is CC1(C)CC=CC2=C1CCc1c2ccc2c1C(=O)CC=C2. The van der Waals surface area contributed by atoms with Gasteiger partial charge in [-0.05, 0) is 46.9 Å². The maximum atomic E-state index is 12.4. The third-order valence-corrected chi connectivity index (χ3v) is 5.19. The number of carbonyl (C=O) groups is 1. The third-order valence-electron chi connectivity index (χ3n) is 5.19. The molecule has 0 heterocycles. The van der Waals surface area contributed by atoms with E-state index in [1.54, 1.807) is 5.57 Å². The van der Waals surface area contributed by atoms with Gasteiger partial charge in [-0.25, -0.2) is 0 Å². The van der Waals surface area contributed by atoms with Crippen molar-refractivity contribution in [2.45, 2.75) is 39.5 Å². The van der Waals surface area contributed by atoms with E-state index in [1.165, 1.54) is 16.7 Å². The van der Waals surface area contributed by atoms with Gasteiger partial charge in [0.1, 0.15) is 0 Å². The Kier molecular flexibility index (Phi) is 2.63. The molecule has 0 radical (unpaired) electrons. The standard InChI is InChI=1S/C20H20O/c1-20(2)12-4-6-15-14-9-8-13-5-3-7-18(21)19(13)16(14)10-11-17(15)20/h3-6,8-9H,7,10-12H2,1-2H3. The number of fused-ring (bicyclic) bond motifs is 4. The molecule has 1 aromatic carbocycles. The van der Waals surface area contributed by atoms with Crippen LogP contribution in [0.2, 0.25) is 0 Å². The van der Waals surface area contributed by atoms with Gasteiger partial charge in [0.25, 0.3) is 0 Å². The molecule has 0 fully saturated rings. The van der Waals surface area contributed by atoms with E-state index < -0.39 is 0 Å². The fourth-order valence-corrected chi connectivity index (χ4v) is 4.08. The lowest BCUT2D eigenvalue weighted by Crippen LogP contribution is -2.23. The van der Waals surface area contributed by atoms with Crippen LogP contribution in [0.25, 0.3) is 11.6 Å². The lowest BCUT2D eigenvalue weighted by atomic mass is 9.68. The number of Topliss-reactive ketones (excluding diaryl/α,β-unsaturated/α-hetero) is 1. The van der Waals surface area contributed by atoms with Crippen molar-refractivity contribution in [3.05, 3.63) is 58.2 Å². The van der Waals surface area contributed by atoms with Crippen molar-refractivity contribution in [3.8, 4) is 0 Å². The average Bonchev–Trinajstić information content (AvgIpc) is 2.46. The highest BCUT2D eigenvalue weighted by molar-refractivity contribution is 6.05. The molecule has 0 atom stereocenters. The minimum atomic E-state index is 0.252. The molecule has 0 bridgehead atoms. The molecule has 3 aliphatic rings. The van der Waals surface area contributed by atoms with Crippen LogP contribution in [0.1, 0.15) is 60.2 Å². The number of ketones is 1. The van der Waals surface area contributed by atoms with E-state index in [1.807, 2.05) is 6.08 Å².